The highest BCUT2D eigenvalue weighted by molar-refractivity contribution is 7.93. The predicted molar refractivity (Wildman–Crippen MR) is 91.6 cm³/mol. The number of ether oxygens (including phenoxy) is 1. The van der Waals surface area contributed by atoms with Gasteiger partial charge in [0.2, 0.25) is 10.0 Å². The largest absolute Gasteiger partial charge is 0.495 e. The number of hydrogen-bond acceptors (Lipinski definition) is 5. The highest BCUT2D eigenvalue weighted by Crippen LogP contribution is 2.34. The summed E-state index contributed by atoms with van der Waals surface area (Å²) in [5, 5.41) is 4.59. The third kappa shape index (κ3) is 4.83. The van der Waals surface area contributed by atoms with E-state index in [4.69, 9.17) is 21.5 Å². The molecule has 0 saturated carbocycles. The first-order valence-electron chi connectivity index (χ1n) is 6.86. The molecule has 0 saturated heterocycles. The maximum absolute atomic E-state index is 12.8. The summed E-state index contributed by atoms with van der Waals surface area (Å²) in [5.41, 5.74) is -1.49. The molecule has 0 atom stereocenters. The Morgan fingerprint density at radius 3 is 2.19 bits per heavy atom. The van der Waals surface area contributed by atoms with Gasteiger partial charge in [-0.1, -0.05) is 11.6 Å². The van der Waals surface area contributed by atoms with Gasteiger partial charge in [-0.15, -0.1) is 0 Å². The average molecular weight is 445 g/mol. The second kappa shape index (κ2) is 7.19. The molecule has 0 heterocycles. The number of benzene rings is 2. The van der Waals surface area contributed by atoms with Crippen LogP contribution in [0.1, 0.15) is 5.56 Å². The van der Waals surface area contributed by atoms with Gasteiger partial charge in [-0.2, -0.15) is 13.2 Å². The van der Waals surface area contributed by atoms with Crippen LogP contribution in [-0.4, -0.2) is 23.9 Å². The zero-order valence-corrected chi connectivity index (χ0v) is 15.8. The normalized spacial score (nSPS) is 12.7. The van der Waals surface area contributed by atoms with E-state index in [1.54, 1.807) is 0 Å². The van der Waals surface area contributed by atoms with Crippen molar-refractivity contribution in [1.82, 2.24) is 0 Å². The van der Waals surface area contributed by atoms with Gasteiger partial charge in [0.15, 0.2) is 0 Å². The second-order valence-corrected chi connectivity index (χ2v) is 8.75. The molecule has 0 fully saturated rings. The minimum atomic E-state index is -4.78. The van der Waals surface area contributed by atoms with E-state index in [2.05, 4.69) is 0 Å². The van der Waals surface area contributed by atoms with E-state index in [1.165, 1.54) is 7.11 Å². The maximum atomic E-state index is 12.8. The Balaban J connectivity index is 2.52. The van der Waals surface area contributed by atoms with Crippen molar-refractivity contribution in [3.63, 3.8) is 0 Å². The number of rotatable bonds is 5. The van der Waals surface area contributed by atoms with Gasteiger partial charge in [-0.3, -0.25) is 4.72 Å². The van der Waals surface area contributed by atoms with E-state index in [-0.39, 0.29) is 11.4 Å². The van der Waals surface area contributed by atoms with Crippen molar-refractivity contribution in [2.45, 2.75) is 16.0 Å². The van der Waals surface area contributed by atoms with Crippen LogP contribution >= 0.6 is 11.6 Å². The molecule has 3 N–H and O–H groups in total. The molecule has 27 heavy (non-hydrogen) atoms. The lowest BCUT2D eigenvalue weighted by Gasteiger charge is -2.14. The Morgan fingerprint density at radius 2 is 1.67 bits per heavy atom. The number of alkyl halides is 3. The van der Waals surface area contributed by atoms with Crippen molar-refractivity contribution in [2.75, 3.05) is 11.8 Å². The minimum absolute atomic E-state index is 0.141. The van der Waals surface area contributed by atoms with Crippen LogP contribution in [0.2, 0.25) is 5.02 Å². The smallest absolute Gasteiger partial charge is 0.416 e. The first-order chi connectivity index (χ1) is 12.3. The van der Waals surface area contributed by atoms with Gasteiger partial charge in [0.05, 0.1) is 23.4 Å². The molecule has 13 heteroatoms. The van der Waals surface area contributed by atoms with Crippen molar-refractivity contribution in [3.05, 3.63) is 47.0 Å². The molecule has 0 bridgehead atoms. The number of methoxy groups -OCH3 is 1. The van der Waals surface area contributed by atoms with Gasteiger partial charge >= 0.3 is 6.18 Å². The number of sulfonamides is 2. The number of anilines is 1. The van der Waals surface area contributed by atoms with Crippen LogP contribution in [0.5, 0.6) is 5.75 Å². The molecule has 2 rings (SSSR count). The van der Waals surface area contributed by atoms with Crippen LogP contribution in [0.25, 0.3) is 0 Å². The molecule has 2 aromatic rings. The molecule has 0 aromatic heterocycles. The number of primary sulfonamides is 1. The number of hydrogen-bond donors (Lipinski definition) is 2. The van der Waals surface area contributed by atoms with Gasteiger partial charge in [0.25, 0.3) is 10.0 Å². The molecule has 2 aromatic carbocycles. The lowest BCUT2D eigenvalue weighted by molar-refractivity contribution is -0.137. The van der Waals surface area contributed by atoms with Gasteiger partial charge in [0, 0.05) is 0 Å². The Labute approximate surface area is 158 Å². The SMILES string of the molecule is COc1ccc(NS(=O)(=O)c2cc(C(F)(F)F)ccc2Cl)cc1S(N)(=O)=O. The molecular formula is C14H12ClF3N2O5S2. The number of halogens is 4. The molecule has 7 nitrogen and oxygen atoms in total. The Hall–Kier alpha value is -2.02. The lowest BCUT2D eigenvalue weighted by atomic mass is 10.2. The van der Waals surface area contributed by atoms with Crippen LogP contribution in [0, 0.1) is 0 Å². The van der Waals surface area contributed by atoms with Gasteiger partial charge in [0.1, 0.15) is 15.5 Å². The number of nitrogens with two attached hydrogens (primary N) is 1. The van der Waals surface area contributed by atoms with E-state index < -0.39 is 46.6 Å². The van der Waals surface area contributed by atoms with Crippen LogP contribution in [-0.2, 0) is 26.2 Å². The van der Waals surface area contributed by atoms with Crippen LogP contribution in [0.4, 0.5) is 18.9 Å². The van der Waals surface area contributed by atoms with E-state index in [0.717, 1.165) is 24.3 Å². The maximum Gasteiger partial charge on any atom is 0.416 e. The Kier molecular flexibility index (Phi) is 5.66. The third-order valence-corrected chi connectivity index (χ3v) is 6.07. The van der Waals surface area contributed by atoms with Crippen molar-refractivity contribution in [2.24, 2.45) is 5.14 Å². The summed E-state index contributed by atoms with van der Waals surface area (Å²) in [6.45, 7) is 0. The summed E-state index contributed by atoms with van der Waals surface area (Å²) >= 11 is 5.73. The Bertz CT molecular complexity index is 1090. The monoisotopic (exact) mass is 444 g/mol. The topological polar surface area (TPSA) is 116 Å². The van der Waals surface area contributed by atoms with E-state index in [1.807, 2.05) is 4.72 Å². The zero-order valence-electron chi connectivity index (χ0n) is 13.4. The fourth-order valence-corrected chi connectivity index (χ4v) is 4.36. The number of nitrogens with one attached hydrogen (secondary N) is 1. The first-order valence-corrected chi connectivity index (χ1v) is 10.3. The Morgan fingerprint density at radius 1 is 1.04 bits per heavy atom. The molecule has 148 valence electrons. The summed E-state index contributed by atoms with van der Waals surface area (Å²) in [6.07, 6.45) is -4.78. The molecule has 0 aliphatic rings. The quantitative estimate of drug-likeness (QED) is 0.735. The average Bonchev–Trinajstić information content (AvgIpc) is 2.52. The standard InChI is InChI=1S/C14H12ClF3N2O5S2/c1-25-11-5-3-9(7-13(11)26(19,21)22)20-27(23,24)12-6-8(14(16,17)18)2-4-10(12)15/h2-7,20H,1H3,(H2,19,21,22). The third-order valence-electron chi connectivity index (χ3n) is 3.27. The second-order valence-electron chi connectivity index (χ2n) is 5.16. The van der Waals surface area contributed by atoms with E-state index >= 15 is 0 Å². The highest BCUT2D eigenvalue weighted by Gasteiger charge is 2.33. The van der Waals surface area contributed by atoms with Crippen LogP contribution in [0.3, 0.4) is 0 Å². The molecule has 0 aliphatic carbocycles. The summed E-state index contributed by atoms with van der Waals surface area (Å²) in [5.74, 6) is -0.141. The van der Waals surface area contributed by atoms with Gasteiger partial charge in [-0.05, 0) is 36.4 Å². The molecule has 0 aliphatic heterocycles. The predicted octanol–water partition coefficient (Wildman–Crippen LogP) is 2.82. The van der Waals surface area contributed by atoms with Gasteiger partial charge < -0.3 is 4.74 Å². The fraction of sp³-hybridized carbons (Fsp3) is 0.143. The fourth-order valence-electron chi connectivity index (χ4n) is 2.06. The summed E-state index contributed by atoms with van der Waals surface area (Å²) in [4.78, 5) is -1.34. The zero-order chi connectivity index (χ0) is 20.6. The summed E-state index contributed by atoms with van der Waals surface area (Å²) in [6, 6.07) is 4.94. The molecular weight excluding hydrogens is 433 g/mol. The first kappa shape index (κ1) is 21.3. The van der Waals surface area contributed by atoms with Crippen molar-refractivity contribution < 1.29 is 34.7 Å². The molecule has 0 unspecified atom stereocenters. The molecule has 0 radical (unpaired) electrons. The van der Waals surface area contributed by atoms with Crippen molar-refractivity contribution >= 4 is 37.3 Å². The van der Waals surface area contributed by atoms with E-state index in [0.29, 0.717) is 12.1 Å². The minimum Gasteiger partial charge on any atom is -0.495 e. The van der Waals surface area contributed by atoms with Gasteiger partial charge in [-0.25, -0.2) is 22.0 Å². The van der Waals surface area contributed by atoms with Crippen LogP contribution < -0.4 is 14.6 Å². The molecule has 0 amide bonds. The van der Waals surface area contributed by atoms with Crippen molar-refractivity contribution in [1.29, 1.82) is 0 Å². The summed E-state index contributed by atoms with van der Waals surface area (Å²) in [7, 11) is -7.65. The molecule has 0 spiro atoms. The highest BCUT2D eigenvalue weighted by atomic mass is 35.5. The summed E-state index contributed by atoms with van der Waals surface area (Å²) < 4.78 is 93.3. The van der Waals surface area contributed by atoms with Crippen molar-refractivity contribution in [3.8, 4) is 5.75 Å². The lowest BCUT2D eigenvalue weighted by Crippen LogP contribution is -2.17. The van der Waals surface area contributed by atoms with E-state index in [9.17, 15) is 30.0 Å². The van der Waals surface area contributed by atoms with Crippen LogP contribution in [0.15, 0.2) is 46.2 Å².